The second-order valence-corrected chi connectivity index (χ2v) is 6.71. The van der Waals surface area contributed by atoms with E-state index in [1.165, 1.54) is 6.42 Å². The molecule has 0 atom stereocenters. The Kier molecular flexibility index (Phi) is 3.86. The van der Waals surface area contributed by atoms with Gasteiger partial charge in [-0.15, -0.1) is 10.2 Å². The van der Waals surface area contributed by atoms with Gasteiger partial charge in [0.05, 0.1) is 5.69 Å². The van der Waals surface area contributed by atoms with Crippen LogP contribution in [0.5, 0.6) is 0 Å². The third-order valence-electron chi connectivity index (χ3n) is 5.27. The maximum Gasteiger partial charge on any atom is 0.259 e. The Balaban J connectivity index is 1.46. The van der Waals surface area contributed by atoms with Crippen molar-refractivity contribution in [1.82, 2.24) is 24.8 Å². The molecule has 0 spiro atoms. The number of carbonyl (C=O) groups excluding carboxylic acids is 1. The number of amides is 1. The minimum absolute atomic E-state index is 0.0514. The molecule has 2 aliphatic heterocycles. The van der Waals surface area contributed by atoms with Gasteiger partial charge in [0, 0.05) is 32.0 Å². The highest BCUT2D eigenvalue weighted by Crippen LogP contribution is 2.30. The minimum Gasteiger partial charge on any atom is -0.361 e. The molecular weight excluding hydrogens is 306 g/mol. The molecule has 0 saturated carbocycles. The van der Waals surface area contributed by atoms with E-state index in [4.69, 9.17) is 4.52 Å². The normalized spacial score (nSPS) is 18.2. The average molecular weight is 329 g/mol. The molecule has 1 saturated heterocycles. The first-order chi connectivity index (χ1) is 11.7. The van der Waals surface area contributed by atoms with E-state index in [2.05, 4.69) is 19.9 Å². The van der Waals surface area contributed by atoms with E-state index in [0.29, 0.717) is 23.7 Å². The van der Waals surface area contributed by atoms with Crippen LogP contribution in [0.25, 0.3) is 0 Å². The van der Waals surface area contributed by atoms with Crippen molar-refractivity contribution in [2.75, 3.05) is 13.1 Å². The van der Waals surface area contributed by atoms with Gasteiger partial charge in [0.25, 0.3) is 5.91 Å². The largest absolute Gasteiger partial charge is 0.361 e. The van der Waals surface area contributed by atoms with Crippen LogP contribution in [0, 0.1) is 6.92 Å². The summed E-state index contributed by atoms with van der Waals surface area (Å²) >= 11 is 0. The second-order valence-electron chi connectivity index (χ2n) is 6.71. The summed E-state index contributed by atoms with van der Waals surface area (Å²) in [6.45, 7) is 6.34. The Morgan fingerprint density at radius 1 is 1.25 bits per heavy atom. The van der Waals surface area contributed by atoms with E-state index in [1.54, 1.807) is 0 Å². The van der Waals surface area contributed by atoms with E-state index >= 15 is 0 Å². The highest BCUT2D eigenvalue weighted by atomic mass is 16.5. The van der Waals surface area contributed by atoms with E-state index in [-0.39, 0.29) is 5.91 Å². The fraction of sp³-hybridized carbons (Fsp3) is 0.647. The average Bonchev–Trinajstić information content (AvgIpc) is 3.29. The number of aromatic nitrogens is 4. The van der Waals surface area contributed by atoms with Crippen LogP contribution in [0.4, 0.5) is 0 Å². The molecule has 0 N–H and O–H groups in total. The number of hydrogen-bond donors (Lipinski definition) is 0. The number of likely N-dealkylation sites (tertiary alicyclic amines) is 1. The van der Waals surface area contributed by atoms with Crippen molar-refractivity contribution in [3.05, 3.63) is 28.7 Å². The molecular formula is C17H23N5O2. The molecule has 0 aliphatic carbocycles. The number of nitrogens with zero attached hydrogens (tertiary/aromatic N) is 5. The lowest BCUT2D eigenvalue weighted by Gasteiger charge is -2.31. The number of rotatable bonds is 3. The van der Waals surface area contributed by atoms with Crippen LogP contribution < -0.4 is 0 Å². The van der Waals surface area contributed by atoms with Gasteiger partial charge in [0.2, 0.25) is 0 Å². The van der Waals surface area contributed by atoms with Gasteiger partial charge in [0.15, 0.2) is 0 Å². The van der Waals surface area contributed by atoms with Crippen LogP contribution in [-0.4, -0.2) is 43.8 Å². The number of fused-ring (bicyclic) bond motifs is 1. The molecule has 0 bridgehead atoms. The maximum absolute atomic E-state index is 12.8. The van der Waals surface area contributed by atoms with Crippen LogP contribution in [0.1, 0.15) is 65.6 Å². The van der Waals surface area contributed by atoms with Crippen LogP contribution in [0.2, 0.25) is 0 Å². The number of carbonyl (C=O) groups is 1. The first-order valence-corrected chi connectivity index (χ1v) is 8.85. The van der Waals surface area contributed by atoms with Gasteiger partial charge >= 0.3 is 0 Å². The molecule has 4 heterocycles. The zero-order valence-electron chi connectivity index (χ0n) is 14.3. The molecule has 0 radical (unpaired) electrons. The Labute approximate surface area is 141 Å². The van der Waals surface area contributed by atoms with E-state index < -0.39 is 0 Å². The maximum atomic E-state index is 12.8. The predicted octanol–water partition coefficient (Wildman–Crippen LogP) is 2.10. The third kappa shape index (κ3) is 2.42. The van der Waals surface area contributed by atoms with Crippen LogP contribution in [0.15, 0.2) is 4.52 Å². The van der Waals surface area contributed by atoms with Gasteiger partial charge < -0.3 is 14.0 Å². The van der Waals surface area contributed by atoms with Crippen molar-refractivity contribution >= 4 is 5.91 Å². The van der Waals surface area contributed by atoms with Crippen molar-refractivity contribution in [3.8, 4) is 0 Å². The number of piperidine rings is 1. The lowest BCUT2D eigenvalue weighted by molar-refractivity contribution is 0.0707. The van der Waals surface area contributed by atoms with Crippen molar-refractivity contribution in [3.63, 3.8) is 0 Å². The van der Waals surface area contributed by atoms with Gasteiger partial charge in [-0.3, -0.25) is 4.79 Å². The molecule has 7 nitrogen and oxygen atoms in total. The summed E-state index contributed by atoms with van der Waals surface area (Å²) < 4.78 is 7.49. The quantitative estimate of drug-likeness (QED) is 0.862. The molecule has 7 heteroatoms. The SMILES string of the molecule is CCc1noc(C)c1C(=O)N1CCC(c2nnc3n2CCC3)CC1. The molecule has 1 fully saturated rings. The summed E-state index contributed by atoms with van der Waals surface area (Å²) in [7, 11) is 0. The lowest BCUT2D eigenvalue weighted by atomic mass is 9.95. The van der Waals surface area contributed by atoms with Gasteiger partial charge in [0.1, 0.15) is 23.0 Å². The number of aryl methyl sites for hydroxylation is 3. The first-order valence-electron chi connectivity index (χ1n) is 8.85. The van der Waals surface area contributed by atoms with E-state index in [1.807, 2.05) is 18.7 Å². The van der Waals surface area contributed by atoms with Crippen molar-refractivity contribution in [2.45, 2.75) is 58.4 Å². The predicted molar refractivity (Wildman–Crippen MR) is 86.8 cm³/mol. The standard InChI is InChI=1S/C17H23N5O2/c1-3-13-15(11(2)24-20-13)17(23)21-9-6-12(7-10-21)16-19-18-14-5-4-8-22(14)16/h12H,3-10H2,1-2H3. The van der Waals surface area contributed by atoms with Gasteiger partial charge in [-0.25, -0.2) is 0 Å². The molecule has 24 heavy (non-hydrogen) atoms. The highest BCUT2D eigenvalue weighted by Gasteiger charge is 2.31. The van der Waals surface area contributed by atoms with Crippen LogP contribution in [0.3, 0.4) is 0 Å². The second kappa shape index (κ2) is 6.03. The fourth-order valence-electron chi connectivity index (χ4n) is 3.91. The summed E-state index contributed by atoms with van der Waals surface area (Å²) in [5.74, 6) is 3.31. The molecule has 128 valence electrons. The summed E-state index contributed by atoms with van der Waals surface area (Å²) in [6.07, 6.45) is 4.80. The van der Waals surface area contributed by atoms with Crippen molar-refractivity contribution in [1.29, 1.82) is 0 Å². The molecule has 1 amide bonds. The zero-order chi connectivity index (χ0) is 16.7. The number of hydrogen-bond acceptors (Lipinski definition) is 5. The minimum atomic E-state index is 0.0514. The fourth-order valence-corrected chi connectivity index (χ4v) is 3.91. The Bertz CT molecular complexity index is 755. The van der Waals surface area contributed by atoms with E-state index in [0.717, 1.165) is 56.2 Å². The Hall–Kier alpha value is -2.18. The zero-order valence-corrected chi connectivity index (χ0v) is 14.3. The van der Waals surface area contributed by atoms with Gasteiger partial charge in [-0.05, 0) is 32.6 Å². The van der Waals surface area contributed by atoms with Gasteiger partial charge in [-0.1, -0.05) is 12.1 Å². The highest BCUT2D eigenvalue weighted by molar-refractivity contribution is 5.96. The molecule has 4 rings (SSSR count). The third-order valence-corrected chi connectivity index (χ3v) is 5.27. The summed E-state index contributed by atoms with van der Waals surface area (Å²) in [4.78, 5) is 14.8. The monoisotopic (exact) mass is 329 g/mol. The topological polar surface area (TPSA) is 77.1 Å². The molecule has 2 aromatic rings. The molecule has 2 aromatic heterocycles. The van der Waals surface area contributed by atoms with E-state index in [9.17, 15) is 4.79 Å². The molecule has 0 unspecified atom stereocenters. The van der Waals surface area contributed by atoms with Crippen molar-refractivity contribution in [2.24, 2.45) is 0 Å². The Morgan fingerprint density at radius 3 is 2.79 bits per heavy atom. The van der Waals surface area contributed by atoms with Crippen LogP contribution >= 0.6 is 0 Å². The Morgan fingerprint density at radius 2 is 2.04 bits per heavy atom. The molecule has 2 aliphatic rings. The van der Waals surface area contributed by atoms with Gasteiger partial charge in [-0.2, -0.15) is 0 Å². The smallest absolute Gasteiger partial charge is 0.259 e. The lowest BCUT2D eigenvalue weighted by Crippen LogP contribution is -2.38. The van der Waals surface area contributed by atoms with Crippen LogP contribution in [-0.2, 0) is 19.4 Å². The molecule has 0 aromatic carbocycles. The van der Waals surface area contributed by atoms with Crippen molar-refractivity contribution < 1.29 is 9.32 Å². The summed E-state index contributed by atoms with van der Waals surface area (Å²) in [6, 6.07) is 0. The summed E-state index contributed by atoms with van der Waals surface area (Å²) in [5.41, 5.74) is 1.41. The first kappa shape index (κ1) is 15.4. The summed E-state index contributed by atoms with van der Waals surface area (Å²) in [5, 5.41) is 12.7.